The minimum Gasteiger partial charge on any atom is -0.380 e. The lowest BCUT2D eigenvalue weighted by Crippen LogP contribution is -2.34. The van der Waals surface area contributed by atoms with E-state index < -0.39 is 5.82 Å². The highest BCUT2D eigenvalue weighted by molar-refractivity contribution is 5.76. The van der Waals surface area contributed by atoms with Gasteiger partial charge in [0, 0.05) is 23.4 Å². The summed E-state index contributed by atoms with van der Waals surface area (Å²) in [5, 5.41) is 3.25. The van der Waals surface area contributed by atoms with E-state index in [9.17, 15) is 9.18 Å². The predicted molar refractivity (Wildman–Crippen MR) is 99.5 cm³/mol. The van der Waals surface area contributed by atoms with Crippen LogP contribution in [-0.2, 0) is 9.53 Å². The average Bonchev–Trinajstić information content (AvgIpc) is 2.62. The molecule has 0 bridgehead atoms. The second-order valence-electron chi connectivity index (χ2n) is 7.36. The van der Waals surface area contributed by atoms with E-state index in [4.69, 9.17) is 10.5 Å². The number of carbonyl (C=O) groups excluding carboxylic acids is 1. The number of hydrogen-bond acceptors (Lipinski definition) is 5. The van der Waals surface area contributed by atoms with Gasteiger partial charge in [0.2, 0.25) is 11.9 Å². The maximum Gasteiger partial charge on any atom is 0.223 e. The van der Waals surface area contributed by atoms with E-state index in [0.717, 1.165) is 30.4 Å². The highest BCUT2D eigenvalue weighted by atomic mass is 19.1. The first-order valence-electron chi connectivity index (χ1n) is 9.36. The summed E-state index contributed by atoms with van der Waals surface area (Å²) in [6, 6.07) is 7.82. The molecule has 4 rings (SSSR count). The van der Waals surface area contributed by atoms with Crippen LogP contribution in [0.4, 0.5) is 10.3 Å². The lowest BCUT2D eigenvalue weighted by atomic mass is 9.85. The topological polar surface area (TPSA) is 90.1 Å². The molecule has 0 radical (unpaired) electrons. The van der Waals surface area contributed by atoms with Crippen molar-refractivity contribution in [2.75, 3.05) is 18.5 Å². The molecule has 1 saturated heterocycles. The number of nitrogens with zero attached hydrogens (tertiary/aromatic N) is 2. The van der Waals surface area contributed by atoms with Crippen LogP contribution < -0.4 is 11.1 Å². The molecule has 3 N–H and O–H groups in total. The van der Waals surface area contributed by atoms with Crippen LogP contribution in [-0.4, -0.2) is 35.1 Å². The maximum absolute atomic E-state index is 14.4. The minimum atomic E-state index is -0.457. The zero-order valence-electron chi connectivity index (χ0n) is 15.0. The quantitative estimate of drug-likeness (QED) is 0.845. The van der Waals surface area contributed by atoms with Gasteiger partial charge in [0.15, 0.2) is 5.82 Å². The number of nitrogens with one attached hydrogen (secondary N) is 1. The van der Waals surface area contributed by atoms with Gasteiger partial charge in [-0.25, -0.2) is 14.4 Å². The second kappa shape index (κ2) is 7.60. The molecule has 1 saturated carbocycles. The first kappa shape index (κ1) is 17.9. The van der Waals surface area contributed by atoms with Crippen LogP contribution in [0.5, 0.6) is 0 Å². The van der Waals surface area contributed by atoms with Gasteiger partial charge < -0.3 is 15.8 Å². The van der Waals surface area contributed by atoms with Gasteiger partial charge in [-0.3, -0.25) is 4.79 Å². The summed E-state index contributed by atoms with van der Waals surface area (Å²) in [6.45, 7) is 1.40. The van der Waals surface area contributed by atoms with Gasteiger partial charge in [-0.05, 0) is 30.9 Å². The third-order valence-electron chi connectivity index (χ3n) is 5.42. The normalized spacial score (nSPS) is 22.9. The van der Waals surface area contributed by atoms with Crippen LogP contribution in [0.1, 0.15) is 37.2 Å². The fourth-order valence-corrected chi connectivity index (χ4v) is 3.77. The van der Waals surface area contributed by atoms with Crippen molar-refractivity contribution in [3.8, 4) is 11.3 Å². The third-order valence-corrected chi connectivity index (χ3v) is 5.42. The fraction of sp³-hybridized carbons (Fsp3) is 0.450. The van der Waals surface area contributed by atoms with Crippen molar-refractivity contribution < 1.29 is 13.9 Å². The Morgan fingerprint density at radius 1 is 1.30 bits per heavy atom. The Hall–Kier alpha value is -2.54. The van der Waals surface area contributed by atoms with E-state index in [1.807, 2.05) is 24.3 Å². The van der Waals surface area contributed by atoms with Crippen molar-refractivity contribution >= 4 is 11.9 Å². The Bertz CT molecular complexity index is 840. The first-order valence-corrected chi connectivity index (χ1v) is 9.36. The molecule has 1 aromatic carbocycles. The number of aromatic nitrogens is 2. The smallest absolute Gasteiger partial charge is 0.223 e. The van der Waals surface area contributed by atoms with Crippen molar-refractivity contribution in [3.63, 3.8) is 0 Å². The summed E-state index contributed by atoms with van der Waals surface area (Å²) < 4.78 is 19.6. The SMILES string of the molecule is NC(=O)[C@H]1CCC[C@@H](Nc2ncc(F)c(-c3cccc(C4COC4)c3)n2)C1. The highest BCUT2D eigenvalue weighted by Gasteiger charge is 2.26. The van der Waals surface area contributed by atoms with Crippen molar-refractivity contribution in [2.24, 2.45) is 11.7 Å². The van der Waals surface area contributed by atoms with Gasteiger partial charge in [-0.2, -0.15) is 0 Å². The lowest BCUT2D eigenvalue weighted by Gasteiger charge is -2.28. The number of nitrogens with two attached hydrogens (primary N) is 1. The predicted octanol–water partition coefficient (Wildman–Crippen LogP) is 2.85. The number of ether oxygens (including phenoxy) is 1. The molecule has 2 atom stereocenters. The number of amides is 1. The highest BCUT2D eigenvalue weighted by Crippen LogP contribution is 2.30. The molecule has 1 aromatic heterocycles. The lowest BCUT2D eigenvalue weighted by molar-refractivity contribution is -0.122. The number of anilines is 1. The summed E-state index contributed by atoms with van der Waals surface area (Å²) in [7, 11) is 0. The molecule has 1 aliphatic heterocycles. The first-order chi connectivity index (χ1) is 13.1. The molecule has 2 aliphatic rings. The van der Waals surface area contributed by atoms with Crippen molar-refractivity contribution in [2.45, 2.75) is 37.6 Å². The number of hydrogen-bond donors (Lipinski definition) is 2. The molecule has 6 nitrogen and oxygen atoms in total. The Balaban J connectivity index is 1.54. The van der Waals surface area contributed by atoms with Crippen LogP contribution in [0, 0.1) is 11.7 Å². The van der Waals surface area contributed by atoms with Gasteiger partial charge in [0.05, 0.1) is 19.4 Å². The second-order valence-corrected chi connectivity index (χ2v) is 7.36. The monoisotopic (exact) mass is 370 g/mol. The van der Waals surface area contributed by atoms with Gasteiger partial charge in [0.1, 0.15) is 5.69 Å². The summed E-state index contributed by atoms with van der Waals surface area (Å²) >= 11 is 0. The molecule has 2 heterocycles. The molecule has 142 valence electrons. The van der Waals surface area contributed by atoms with E-state index in [1.54, 1.807) is 0 Å². The summed E-state index contributed by atoms with van der Waals surface area (Å²) in [5.74, 6) is -0.114. The molecule has 27 heavy (non-hydrogen) atoms. The largest absolute Gasteiger partial charge is 0.380 e. The van der Waals surface area contributed by atoms with Gasteiger partial charge in [-0.1, -0.05) is 24.6 Å². The van der Waals surface area contributed by atoms with E-state index in [-0.39, 0.29) is 23.6 Å². The number of carbonyl (C=O) groups is 1. The van der Waals surface area contributed by atoms with Gasteiger partial charge >= 0.3 is 0 Å². The van der Waals surface area contributed by atoms with E-state index in [2.05, 4.69) is 15.3 Å². The summed E-state index contributed by atoms with van der Waals surface area (Å²) in [5.41, 5.74) is 7.57. The van der Waals surface area contributed by atoms with Crippen LogP contribution in [0.2, 0.25) is 0 Å². The van der Waals surface area contributed by atoms with E-state index in [1.165, 1.54) is 6.20 Å². The van der Waals surface area contributed by atoms with Crippen LogP contribution in [0.15, 0.2) is 30.5 Å². The number of halogens is 1. The maximum atomic E-state index is 14.4. The Morgan fingerprint density at radius 3 is 2.89 bits per heavy atom. The van der Waals surface area contributed by atoms with Crippen molar-refractivity contribution in [1.29, 1.82) is 0 Å². The third kappa shape index (κ3) is 3.93. The zero-order chi connectivity index (χ0) is 18.8. The standard InChI is InChI=1S/C20H23FN4O2/c21-17-9-23-20(24-16-6-2-5-14(8-16)19(22)26)25-18(17)13-4-1-3-12(7-13)15-10-27-11-15/h1,3-4,7,9,14-16H,2,5-6,8,10-11H2,(H2,22,26)(H,23,24,25)/t14-,16+/m0/s1. The average molecular weight is 370 g/mol. The molecule has 1 aliphatic carbocycles. The summed E-state index contributed by atoms with van der Waals surface area (Å²) in [6.07, 6.45) is 4.50. The molecule has 0 spiro atoms. The van der Waals surface area contributed by atoms with Gasteiger partial charge in [-0.15, -0.1) is 0 Å². The molecule has 0 unspecified atom stereocenters. The number of rotatable bonds is 5. The molecule has 1 amide bonds. The molecular formula is C20H23FN4O2. The Kier molecular flexibility index (Phi) is 5.03. The van der Waals surface area contributed by atoms with Crippen molar-refractivity contribution in [3.05, 3.63) is 41.8 Å². The van der Waals surface area contributed by atoms with Gasteiger partial charge in [0.25, 0.3) is 0 Å². The van der Waals surface area contributed by atoms with Crippen molar-refractivity contribution in [1.82, 2.24) is 9.97 Å². The Labute approximate surface area is 157 Å². The molecular weight excluding hydrogens is 347 g/mol. The Morgan fingerprint density at radius 2 is 2.15 bits per heavy atom. The van der Waals surface area contributed by atoms with Crippen LogP contribution in [0.25, 0.3) is 11.3 Å². The summed E-state index contributed by atoms with van der Waals surface area (Å²) in [4.78, 5) is 19.9. The molecule has 2 fully saturated rings. The number of benzene rings is 1. The molecule has 2 aromatic rings. The van der Waals surface area contributed by atoms with Crippen LogP contribution >= 0.6 is 0 Å². The van der Waals surface area contributed by atoms with E-state index >= 15 is 0 Å². The minimum absolute atomic E-state index is 0.0630. The zero-order valence-corrected chi connectivity index (χ0v) is 15.0. The van der Waals surface area contributed by atoms with Crippen LogP contribution in [0.3, 0.4) is 0 Å². The number of primary amides is 1. The van der Waals surface area contributed by atoms with E-state index in [0.29, 0.717) is 31.5 Å². The molecule has 7 heteroatoms. The fourth-order valence-electron chi connectivity index (χ4n) is 3.77.